The topological polar surface area (TPSA) is 194 Å². The average Bonchev–Trinajstić information content (AvgIpc) is 3.17. The minimum Gasteiger partial charge on any atom is -0.386 e. The fourth-order valence-electron chi connectivity index (χ4n) is 6.85. The minimum atomic E-state index is -0.469. The average molecular weight is 899 g/mol. The van der Waals surface area contributed by atoms with E-state index in [1.54, 1.807) is 24.3 Å². The summed E-state index contributed by atoms with van der Waals surface area (Å²) in [5, 5.41) is 5.21. The predicted octanol–water partition coefficient (Wildman–Crippen LogP) is 4.90. The Morgan fingerprint density at radius 2 is 0.754 bits per heavy atom. The van der Waals surface area contributed by atoms with Gasteiger partial charge in [-0.1, -0.05) is 37.4 Å². The van der Waals surface area contributed by atoms with Gasteiger partial charge >= 0.3 is 49.4 Å². The van der Waals surface area contributed by atoms with Crippen molar-refractivity contribution in [3.63, 3.8) is 0 Å². The Bertz CT molecular complexity index is 2290. The first kappa shape index (κ1) is 39.7. The van der Waals surface area contributed by atoms with Crippen molar-refractivity contribution in [2.24, 2.45) is 11.5 Å². The van der Waals surface area contributed by atoms with E-state index < -0.39 is 11.8 Å². The Hall–Kier alpha value is -5.58. The number of aromatic nitrogens is 6. The second-order valence-electron chi connectivity index (χ2n) is 13.8. The smallest absolute Gasteiger partial charge is 0.386 e. The summed E-state index contributed by atoms with van der Waals surface area (Å²) in [6, 6.07) is 30.3. The van der Waals surface area contributed by atoms with Crippen molar-refractivity contribution in [2.45, 2.75) is 39.3 Å². The molecule has 14 bridgehead atoms. The summed E-state index contributed by atoms with van der Waals surface area (Å²) in [6.07, 6.45) is 0. The molecule has 0 unspecified atom stereocenters. The zero-order valence-electron chi connectivity index (χ0n) is 30.8. The van der Waals surface area contributed by atoms with Crippen LogP contribution in [0.3, 0.4) is 0 Å². The van der Waals surface area contributed by atoms with Crippen LogP contribution >= 0.6 is 0 Å². The fraction of sp³-hybridized carbons (Fsp3) is 0.143. The van der Waals surface area contributed by atoms with E-state index in [-0.39, 0.29) is 88.1 Å². The number of nitrogens with zero attached hydrogens (tertiary/aromatic N) is 8. The van der Waals surface area contributed by atoms with Gasteiger partial charge in [0.1, 0.15) is 0 Å². The van der Waals surface area contributed by atoms with Gasteiger partial charge in [-0.25, -0.2) is 29.9 Å². The zero-order valence-corrected chi connectivity index (χ0v) is 33.2. The third-order valence-corrected chi connectivity index (χ3v) is 9.16. The number of nitrogens with two attached hydrogens (primary N) is 2. The standard InChI is InChI=1S/C42H38N12O2.Eu.2H2/c1-25(43)45-41(55)27-15-33-23-53-19-29-7-3-11-35(47-29)37-13-5-9-31(49-37)21-54(22-32-10-6-14-38(50-32)36-12-4-8-30(20-53)48-36)24-34-16-28(42(56)46-26(2)44)18-40(52-34)39(17-27)51-33;;;/h3-18H,1-2,19-24,43-44H2,(H,45,55)(H,46,56);;2*1H/q;+3;;. The molecule has 0 aromatic carbocycles. The molecular weight excluding hydrogens is 857 g/mol. The van der Waals surface area contributed by atoms with Crippen molar-refractivity contribution in [3.05, 3.63) is 167 Å². The molecule has 15 heteroatoms. The summed E-state index contributed by atoms with van der Waals surface area (Å²) in [6.45, 7) is 9.51. The van der Waals surface area contributed by atoms with Gasteiger partial charge in [-0.15, -0.1) is 0 Å². The van der Waals surface area contributed by atoms with Crippen LogP contribution in [0, 0.1) is 49.4 Å². The van der Waals surface area contributed by atoms with E-state index in [0.29, 0.717) is 49.0 Å². The molecule has 0 saturated carbocycles. The molecule has 0 saturated heterocycles. The molecule has 0 aliphatic carbocycles. The third-order valence-electron chi connectivity index (χ3n) is 9.16. The largest absolute Gasteiger partial charge is 3.00 e. The number of nitrogens with one attached hydrogen (secondary N) is 2. The monoisotopic (exact) mass is 899 g/mol. The summed E-state index contributed by atoms with van der Waals surface area (Å²) in [5.74, 6) is -0.944. The molecule has 0 spiro atoms. The molecule has 0 atom stereocenters. The van der Waals surface area contributed by atoms with E-state index in [0.717, 1.165) is 45.6 Å². The van der Waals surface area contributed by atoms with Crippen LogP contribution < -0.4 is 22.1 Å². The maximum atomic E-state index is 13.5. The number of hydrogen-bond acceptors (Lipinski definition) is 12. The van der Waals surface area contributed by atoms with Gasteiger partial charge in [0.15, 0.2) is 0 Å². The van der Waals surface area contributed by atoms with Crippen molar-refractivity contribution in [1.29, 1.82) is 0 Å². The number of amides is 2. The van der Waals surface area contributed by atoms with Crippen LogP contribution in [0.1, 0.15) is 57.7 Å². The van der Waals surface area contributed by atoms with Crippen LogP contribution in [0.2, 0.25) is 0 Å². The molecule has 9 rings (SSSR count). The van der Waals surface area contributed by atoms with Crippen LogP contribution in [0.5, 0.6) is 0 Å². The molecule has 0 radical (unpaired) electrons. The Kier molecular flexibility index (Phi) is 12.0. The predicted molar refractivity (Wildman–Crippen MR) is 214 cm³/mol. The molecule has 3 aliphatic heterocycles. The van der Waals surface area contributed by atoms with E-state index in [4.69, 9.17) is 41.4 Å². The minimum absolute atomic E-state index is 0. The van der Waals surface area contributed by atoms with Gasteiger partial charge in [-0.3, -0.25) is 19.4 Å². The Morgan fingerprint density at radius 3 is 1.05 bits per heavy atom. The number of pyridine rings is 6. The molecular formula is C42H42EuN12O2+3. The van der Waals surface area contributed by atoms with Crippen LogP contribution in [0.25, 0.3) is 34.2 Å². The molecule has 2 amide bonds. The van der Waals surface area contributed by atoms with Gasteiger partial charge in [-0.2, -0.15) is 0 Å². The zero-order chi connectivity index (χ0) is 38.8. The second-order valence-corrected chi connectivity index (χ2v) is 13.8. The SMILES string of the molecule is C=C(N)NC(=O)c1cc2nc(c1)-c1cc(C(=O)NC(=C)N)cc(n1)CN1Cc3cccc(n3)-c3cccc(n3)CN(Cc3cccc(n3)-c3cccc(n3)C1)C2.[Eu+3].[HH].[HH]. The quantitative estimate of drug-likeness (QED) is 0.187. The van der Waals surface area contributed by atoms with Crippen molar-refractivity contribution in [3.8, 4) is 34.2 Å². The molecule has 57 heavy (non-hydrogen) atoms. The molecule has 9 heterocycles. The summed E-state index contributed by atoms with van der Waals surface area (Å²) in [7, 11) is 0. The Balaban J connectivity index is 0.00000220. The summed E-state index contributed by atoms with van der Waals surface area (Å²) in [4.78, 5) is 61.7. The van der Waals surface area contributed by atoms with Crippen molar-refractivity contribution < 1.29 is 61.8 Å². The molecule has 3 aliphatic rings. The van der Waals surface area contributed by atoms with Gasteiger partial charge in [-0.05, 0) is 72.8 Å². The maximum Gasteiger partial charge on any atom is 3.00 e. The van der Waals surface area contributed by atoms with E-state index in [1.807, 2.05) is 72.8 Å². The Labute approximate surface area is 373 Å². The van der Waals surface area contributed by atoms with Crippen LogP contribution in [0.4, 0.5) is 0 Å². The van der Waals surface area contributed by atoms with E-state index in [9.17, 15) is 9.59 Å². The van der Waals surface area contributed by atoms with Crippen molar-refractivity contribution in [1.82, 2.24) is 50.3 Å². The number of carbonyl (C=O) groups is 2. The molecule has 6 aromatic rings. The number of carbonyl (C=O) groups excluding carboxylic acids is 2. The third kappa shape index (κ3) is 9.70. The summed E-state index contributed by atoms with van der Waals surface area (Å²) < 4.78 is 0. The van der Waals surface area contributed by atoms with E-state index in [2.05, 4.69) is 33.6 Å². The second kappa shape index (κ2) is 17.3. The van der Waals surface area contributed by atoms with Crippen LogP contribution in [0.15, 0.2) is 122 Å². The van der Waals surface area contributed by atoms with Crippen LogP contribution in [-0.4, -0.2) is 51.5 Å². The van der Waals surface area contributed by atoms with E-state index >= 15 is 0 Å². The normalized spacial score (nSPS) is 15.6. The fourth-order valence-corrected chi connectivity index (χ4v) is 6.85. The molecule has 14 nitrogen and oxygen atoms in total. The van der Waals surface area contributed by atoms with E-state index in [1.165, 1.54) is 0 Å². The maximum absolute atomic E-state index is 13.5. The number of hydrogen-bond donors (Lipinski definition) is 4. The van der Waals surface area contributed by atoms with Gasteiger partial charge in [0.05, 0.1) is 80.0 Å². The molecule has 286 valence electrons. The first-order chi connectivity index (χ1) is 27.1. The van der Waals surface area contributed by atoms with Gasteiger partial charge in [0, 0.05) is 53.2 Å². The van der Waals surface area contributed by atoms with Gasteiger partial charge in [0.25, 0.3) is 11.8 Å². The van der Waals surface area contributed by atoms with Crippen LogP contribution in [-0.2, 0) is 39.3 Å². The Morgan fingerprint density at radius 1 is 0.474 bits per heavy atom. The van der Waals surface area contributed by atoms with Gasteiger partial charge in [0.2, 0.25) is 0 Å². The van der Waals surface area contributed by atoms with Crippen molar-refractivity contribution in [2.75, 3.05) is 0 Å². The van der Waals surface area contributed by atoms with Gasteiger partial charge < -0.3 is 22.1 Å². The molecule has 6 N–H and O–H groups in total. The summed E-state index contributed by atoms with van der Waals surface area (Å²) >= 11 is 0. The van der Waals surface area contributed by atoms with Crippen molar-refractivity contribution >= 4 is 11.8 Å². The molecule has 6 aromatic heterocycles. The first-order valence-electron chi connectivity index (χ1n) is 17.9. The molecule has 0 fully saturated rings. The first-order valence-corrected chi connectivity index (χ1v) is 17.9. The summed E-state index contributed by atoms with van der Waals surface area (Å²) in [5.41, 5.74) is 20.2. The number of rotatable bonds is 4.